The molecule has 0 amide bonds. The normalized spacial score (nSPS) is 30.8. The molecule has 1 N–H and O–H groups in total. The van der Waals surface area contributed by atoms with Gasteiger partial charge in [0.05, 0.1) is 6.10 Å². The second kappa shape index (κ2) is 9.96. The first-order valence-corrected chi connectivity index (χ1v) is 9.46. The van der Waals surface area contributed by atoms with Crippen molar-refractivity contribution in [2.45, 2.75) is 91.8 Å². The van der Waals surface area contributed by atoms with Gasteiger partial charge in [0.2, 0.25) is 0 Å². The Hall–Kier alpha value is -1.35. The van der Waals surface area contributed by atoms with Gasteiger partial charge in [-0.2, -0.15) is 0 Å². The van der Waals surface area contributed by atoms with Crippen molar-refractivity contribution in [3.63, 3.8) is 0 Å². The van der Waals surface area contributed by atoms with E-state index < -0.39 is 11.7 Å². The van der Waals surface area contributed by atoms with Gasteiger partial charge in [-0.1, -0.05) is 34.9 Å². The molecule has 142 valence electrons. The summed E-state index contributed by atoms with van der Waals surface area (Å²) in [7, 11) is 0. The van der Waals surface area contributed by atoms with Crippen LogP contribution in [0.3, 0.4) is 0 Å². The predicted molar refractivity (Wildman–Crippen MR) is 104 cm³/mol. The summed E-state index contributed by atoms with van der Waals surface area (Å²) in [6, 6.07) is 0. The highest BCUT2D eigenvalue weighted by Crippen LogP contribution is 2.31. The van der Waals surface area contributed by atoms with E-state index >= 15 is 0 Å². The lowest BCUT2D eigenvalue weighted by atomic mass is 9.82. The molecule has 0 saturated carbocycles. The van der Waals surface area contributed by atoms with Gasteiger partial charge in [-0.15, -0.1) is 0 Å². The van der Waals surface area contributed by atoms with E-state index in [0.29, 0.717) is 6.42 Å². The third-order valence-electron chi connectivity index (χ3n) is 5.07. The summed E-state index contributed by atoms with van der Waals surface area (Å²) in [5.74, 6) is 0.0282. The average Bonchev–Trinajstić information content (AvgIpc) is 2.44. The standard InChI is InChI=1S/C22H36O3/c1-16-8-7-9-17(2)14-21(24)15-18(3)11-13-20(12-10-16)22(5,6)25-19(4)23/h9-10,15,20-21,24H,7-8,11-14H2,1-6H3/b16-10+,17-9+,18-15+/t20-,21-/m0/s1. The number of hydrogen-bond acceptors (Lipinski definition) is 3. The molecule has 0 aliphatic heterocycles. The molecule has 0 heterocycles. The van der Waals surface area contributed by atoms with Gasteiger partial charge < -0.3 is 9.84 Å². The first-order chi connectivity index (χ1) is 11.6. The number of hydrogen-bond donors (Lipinski definition) is 1. The molecule has 0 spiro atoms. The first kappa shape index (κ1) is 21.7. The topological polar surface area (TPSA) is 46.5 Å². The molecule has 0 saturated heterocycles. The lowest BCUT2D eigenvalue weighted by Crippen LogP contribution is -2.36. The van der Waals surface area contributed by atoms with E-state index in [0.717, 1.165) is 32.1 Å². The molecule has 1 rings (SSSR count). The minimum absolute atomic E-state index is 0.228. The van der Waals surface area contributed by atoms with Crippen molar-refractivity contribution in [2.24, 2.45) is 5.92 Å². The smallest absolute Gasteiger partial charge is 0.303 e. The molecule has 1 aliphatic carbocycles. The molecule has 0 fully saturated rings. The van der Waals surface area contributed by atoms with Crippen molar-refractivity contribution < 1.29 is 14.6 Å². The Morgan fingerprint density at radius 2 is 1.80 bits per heavy atom. The van der Waals surface area contributed by atoms with Gasteiger partial charge in [-0.05, 0) is 73.1 Å². The zero-order valence-electron chi connectivity index (χ0n) is 16.9. The number of ether oxygens (including phenoxy) is 1. The summed E-state index contributed by atoms with van der Waals surface area (Å²) in [6.45, 7) is 11.8. The molecule has 1 aliphatic rings. The fourth-order valence-electron chi connectivity index (χ4n) is 3.48. The van der Waals surface area contributed by atoms with Gasteiger partial charge in [0.15, 0.2) is 0 Å². The molecular weight excluding hydrogens is 312 g/mol. The minimum Gasteiger partial charge on any atom is -0.460 e. The molecule has 0 unspecified atom stereocenters. The van der Waals surface area contributed by atoms with Gasteiger partial charge in [0.25, 0.3) is 0 Å². The van der Waals surface area contributed by atoms with Crippen molar-refractivity contribution >= 4 is 5.97 Å². The number of esters is 1. The van der Waals surface area contributed by atoms with Crippen molar-refractivity contribution in [2.75, 3.05) is 0 Å². The fraction of sp³-hybridized carbons (Fsp3) is 0.682. The molecule has 0 aromatic heterocycles. The Kier molecular flexibility index (Phi) is 8.64. The van der Waals surface area contributed by atoms with Gasteiger partial charge in [0, 0.05) is 12.8 Å². The van der Waals surface area contributed by atoms with Crippen LogP contribution in [0, 0.1) is 5.92 Å². The quantitative estimate of drug-likeness (QED) is 0.529. The van der Waals surface area contributed by atoms with E-state index in [9.17, 15) is 9.90 Å². The summed E-state index contributed by atoms with van der Waals surface area (Å²) in [5.41, 5.74) is 3.32. The molecule has 0 bridgehead atoms. The van der Waals surface area contributed by atoms with E-state index in [1.165, 1.54) is 23.6 Å². The van der Waals surface area contributed by atoms with Gasteiger partial charge >= 0.3 is 5.97 Å². The maximum atomic E-state index is 11.5. The van der Waals surface area contributed by atoms with Crippen LogP contribution in [0.5, 0.6) is 0 Å². The molecule has 2 atom stereocenters. The molecule has 3 nitrogen and oxygen atoms in total. The number of carbonyl (C=O) groups is 1. The Bertz CT molecular complexity index is 537. The van der Waals surface area contributed by atoms with Gasteiger partial charge in [-0.3, -0.25) is 4.79 Å². The maximum absolute atomic E-state index is 11.5. The average molecular weight is 349 g/mol. The van der Waals surface area contributed by atoms with Crippen molar-refractivity contribution in [3.8, 4) is 0 Å². The van der Waals surface area contributed by atoms with E-state index in [1.807, 2.05) is 19.9 Å². The summed E-state index contributed by atoms with van der Waals surface area (Å²) in [6.07, 6.45) is 11.6. The summed E-state index contributed by atoms with van der Waals surface area (Å²) in [5, 5.41) is 10.3. The largest absolute Gasteiger partial charge is 0.460 e. The summed E-state index contributed by atoms with van der Waals surface area (Å²) in [4.78, 5) is 11.5. The summed E-state index contributed by atoms with van der Waals surface area (Å²) >= 11 is 0. The Labute approximate surface area is 153 Å². The number of aliphatic hydroxyl groups is 1. The van der Waals surface area contributed by atoms with E-state index in [-0.39, 0.29) is 11.9 Å². The first-order valence-electron chi connectivity index (χ1n) is 9.46. The van der Waals surface area contributed by atoms with Crippen molar-refractivity contribution in [3.05, 3.63) is 34.9 Å². The Morgan fingerprint density at radius 1 is 1.12 bits per heavy atom. The van der Waals surface area contributed by atoms with Crippen LogP contribution in [-0.4, -0.2) is 22.8 Å². The van der Waals surface area contributed by atoms with Crippen molar-refractivity contribution in [1.29, 1.82) is 0 Å². The fourth-order valence-corrected chi connectivity index (χ4v) is 3.48. The van der Waals surface area contributed by atoms with Crippen LogP contribution in [-0.2, 0) is 9.53 Å². The Balaban J connectivity index is 3.01. The van der Waals surface area contributed by atoms with Gasteiger partial charge in [0.1, 0.15) is 5.60 Å². The SMILES string of the molecule is CC(=O)OC(C)(C)[C@H]1C/C=C(\C)CC/C=C(\C)C[C@H](O)/C=C(\C)CC1. The highest BCUT2D eigenvalue weighted by molar-refractivity contribution is 5.66. The highest BCUT2D eigenvalue weighted by atomic mass is 16.6. The second-order valence-electron chi connectivity index (χ2n) is 8.09. The van der Waals surface area contributed by atoms with Crippen LogP contribution >= 0.6 is 0 Å². The molecule has 0 aromatic rings. The molecule has 0 aromatic carbocycles. The van der Waals surface area contributed by atoms with Gasteiger partial charge in [-0.25, -0.2) is 0 Å². The zero-order valence-corrected chi connectivity index (χ0v) is 16.9. The van der Waals surface area contributed by atoms with Crippen LogP contribution in [0.25, 0.3) is 0 Å². The number of carbonyl (C=O) groups excluding carboxylic acids is 1. The maximum Gasteiger partial charge on any atom is 0.303 e. The third kappa shape index (κ3) is 8.53. The van der Waals surface area contributed by atoms with E-state index in [1.54, 1.807) is 0 Å². The highest BCUT2D eigenvalue weighted by Gasteiger charge is 2.31. The Morgan fingerprint density at radius 3 is 2.44 bits per heavy atom. The van der Waals surface area contributed by atoms with E-state index in [2.05, 4.69) is 32.9 Å². The summed E-state index contributed by atoms with van der Waals surface area (Å²) < 4.78 is 5.61. The third-order valence-corrected chi connectivity index (χ3v) is 5.07. The molecular formula is C22H36O3. The zero-order chi connectivity index (χ0) is 19.0. The minimum atomic E-state index is -0.491. The lowest BCUT2D eigenvalue weighted by Gasteiger charge is -2.33. The molecule has 25 heavy (non-hydrogen) atoms. The van der Waals surface area contributed by atoms with Crippen LogP contribution in [0.2, 0.25) is 0 Å². The lowest BCUT2D eigenvalue weighted by molar-refractivity contribution is -0.159. The monoisotopic (exact) mass is 348 g/mol. The van der Waals surface area contributed by atoms with Crippen LogP contribution in [0.4, 0.5) is 0 Å². The predicted octanol–water partition coefficient (Wildman–Crippen LogP) is 5.50. The van der Waals surface area contributed by atoms with Crippen LogP contribution < -0.4 is 0 Å². The molecule has 0 radical (unpaired) electrons. The van der Waals surface area contributed by atoms with E-state index in [4.69, 9.17) is 4.74 Å². The number of allylic oxidation sites excluding steroid dienone is 4. The van der Waals surface area contributed by atoms with Crippen LogP contribution in [0.15, 0.2) is 34.9 Å². The number of rotatable bonds is 2. The van der Waals surface area contributed by atoms with Crippen molar-refractivity contribution in [1.82, 2.24) is 0 Å². The second-order valence-corrected chi connectivity index (χ2v) is 8.09. The molecule has 3 heteroatoms. The van der Waals surface area contributed by atoms with Crippen LogP contribution in [0.1, 0.15) is 80.1 Å². The number of aliphatic hydroxyl groups excluding tert-OH is 1.